The maximum Gasteiger partial charge on any atom is 0.264 e. The lowest BCUT2D eigenvalue weighted by molar-refractivity contribution is -0.139. The molecule has 0 saturated carbocycles. The summed E-state index contributed by atoms with van der Waals surface area (Å²) < 4.78 is 39.1. The van der Waals surface area contributed by atoms with Gasteiger partial charge in [0.25, 0.3) is 10.0 Å². The zero-order chi connectivity index (χ0) is 28.6. The van der Waals surface area contributed by atoms with Crippen molar-refractivity contribution in [3.8, 4) is 11.5 Å². The molecule has 0 aromatic heterocycles. The van der Waals surface area contributed by atoms with Gasteiger partial charge in [0.2, 0.25) is 11.8 Å². The Balaban J connectivity index is 2.03. The van der Waals surface area contributed by atoms with Gasteiger partial charge in [0, 0.05) is 12.6 Å². The first-order valence-electron chi connectivity index (χ1n) is 12.5. The number of ether oxygens (including phenoxy) is 2. The highest BCUT2D eigenvalue weighted by molar-refractivity contribution is 7.92. The van der Waals surface area contributed by atoms with Crippen LogP contribution in [0, 0.1) is 0 Å². The number of benzene rings is 3. The van der Waals surface area contributed by atoms with Crippen molar-refractivity contribution < 1.29 is 27.5 Å². The van der Waals surface area contributed by atoms with Crippen LogP contribution in [0.2, 0.25) is 0 Å². The minimum absolute atomic E-state index is 0.0403. The van der Waals surface area contributed by atoms with Crippen LogP contribution in [0.4, 0.5) is 5.69 Å². The molecule has 10 heteroatoms. The summed E-state index contributed by atoms with van der Waals surface area (Å²) in [5.41, 5.74) is 1.02. The van der Waals surface area contributed by atoms with Gasteiger partial charge >= 0.3 is 0 Å². The molecule has 0 aliphatic heterocycles. The minimum atomic E-state index is -4.13. The van der Waals surface area contributed by atoms with Crippen LogP contribution < -0.4 is 19.1 Å². The minimum Gasteiger partial charge on any atom is -0.497 e. The van der Waals surface area contributed by atoms with Gasteiger partial charge in [-0.25, -0.2) is 8.42 Å². The fourth-order valence-corrected chi connectivity index (χ4v) is 5.39. The van der Waals surface area contributed by atoms with Gasteiger partial charge in [0.1, 0.15) is 24.1 Å². The van der Waals surface area contributed by atoms with Crippen molar-refractivity contribution in [1.82, 2.24) is 10.2 Å². The van der Waals surface area contributed by atoms with Crippen molar-refractivity contribution in [2.45, 2.75) is 44.3 Å². The molecule has 0 aliphatic rings. The molecule has 208 valence electrons. The molecule has 0 bridgehead atoms. The van der Waals surface area contributed by atoms with Gasteiger partial charge in [-0.15, -0.1) is 0 Å². The van der Waals surface area contributed by atoms with E-state index in [2.05, 4.69) is 5.32 Å². The van der Waals surface area contributed by atoms with Crippen LogP contribution in [0.3, 0.4) is 0 Å². The molecule has 0 fully saturated rings. The van der Waals surface area contributed by atoms with Crippen molar-refractivity contribution in [1.29, 1.82) is 0 Å². The predicted octanol–water partition coefficient (Wildman–Crippen LogP) is 3.84. The summed E-state index contributed by atoms with van der Waals surface area (Å²) in [6.07, 6.45) is 0. The molecular formula is C29H35N3O6S. The summed E-state index contributed by atoms with van der Waals surface area (Å²) in [5.74, 6) is 0.258. The summed E-state index contributed by atoms with van der Waals surface area (Å²) in [6, 6.07) is 20.5. The third-order valence-corrected chi connectivity index (χ3v) is 7.84. The average Bonchev–Trinajstić information content (AvgIpc) is 2.94. The standard InChI is InChI=1S/C29H35N3O6S/c1-21(2)30-29(34)22(3)31(19-23-10-9-11-26(18-23)38-5)28(33)20-32(24-14-16-25(37-4)17-15-24)39(35,36)27-12-7-6-8-13-27/h6-18,21-22H,19-20H2,1-5H3,(H,30,34). The highest BCUT2D eigenvalue weighted by Gasteiger charge is 2.32. The molecule has 0 saturated heterocycles. The molecule has 3 aromatic rings. The van der Waals surface area contributed by atoms with E-state index in [0.29, 0.717) is 11.5 Å². The van der Waals surface area contributed by atoms with Gasteiger partial charge in [0.05, 0.1) is 24.8 Å². The number of nitrogens with zero attached hydrogens (tertiary/aromatic N) is 2. The Morgan fingerprint density at radius 3 is 2.08 bits per heavy atom. The van der Waals surface area contributed by atoms with Crippen LogP contribution in [-0.4, -0.2) is 58.0 Å². The van der Waals surface area contributed by atoms with E-state index in [4.69, 9.17) is 9.47 Å². The molecule has 2 amide bonds. The Hall–Kier alpha value is -4.05. The molecule has 3 aromatic carbocycles. The SMILES string of the molecule is COc1ccc(N(CC(=O)N(Cc2cccc(OC)c2)C(C)C(=O)NC(C)C)S(=O)(=O)c2ccccc2)cc1. The molecule has 9 nitrogen and oxygen atoms in total. The molecule has 0 spiro atoms. The lowest BCUT2D eigenvalue weighted by Crippen LogP contribution is -2.52. The number of methoxy groups -OCH3 is 2. The fraction of sp³-hybridized carbons (Fsp3) is 0.310. The lowest BCUT2D eigenvalue weighted by atomic mass is 10.1. The average molecular weight is 554 g/mol. The number of carbonyl (C=O) groups is 2. The third-order valence-electron chi connectivity index (χ3n) is 6.06. The van der Waals surface area contributed by atoms with E-state index >= 15 is 0 Å². The monoisotopic (exact) mass is 553 g/mol. The summed E-state index contributed by atoms with van der Waals surface area (Å²) in [4.78, 5) is 28.3. The van der Waals surface area contributed by atoms with Crippen molar-refractivity contribution in [2.75, 3.05) is 25.1 Å². The molecule has 0 heterocycles. The molecule has 0 radical (unpaired) electrons. The molecular weight excluding hydrogens is 518 g/mol. The van der Waals surface area contributed by atoms with E-state index in [9.17, 15) is 18.0 Å². The van der Waals surface area contributed by atoms with Crippen LogP contribution >= 0.6 is 0 Å². The lowest BCUT2D eigenvalue weighted by Gasteiger charge is -2.32. The molecule has 3 rings (SSSR count). The van der Waals surface area contributed by atoms with Crippen molar-refractivity contribution in [2.24, 2.45) is 0 Å². The Kier molecular flexibility index (Phi) is 9.95. The fourth-order valence-electron chi connectivity index (χ4n) is 3.95. The smallest absolute Gasteiger partial charge is 0.264 e. The number of hydrogen-bond acceptors (Lipinski definition) is 6. The number of carbonyl (C=O) groups excluding carboxylic acids is 2. The second-order valence-electron chi connectivity index (χ2n) is 9.24. The Labute approximate surface area is 230 Å². The first-order chi connectivity index (χ1) is 18.6. The zero-order valence-electron chi connectivity index (χ0n) is 22.8. The van der Waals surface area contributed by atoms with E-state index in [1.165, 1.54) is 24.1 Å². The summed E-state index contributed by atoms with van der Waals surface area (Å²) >= 11 is 0. The van der Waals surface area contributed by atoms with Crippen LogP contribution in [-0.2, 0) is 26.2 Å². The number of anilines is 1. The van der Waals surface area contributed by atoms with Crippen LogP contribution in [0.15, 0.2) is 83.8 Å². The first kappa shape index (κ1) is 29.5. The number of sulfonamides is 1. The van der Waals surface area contributed by atoms with Gasteiger partial charge in [-0.2, -0.15) is 0 Å². The second-order valence-corrected chi connectivity index (χ2v) is 11.1. The Morgan fingerprint density at radius 2 is 1.49 bits per heavy atom. The molecule has 1 unspecified atom stereocenters. The van der Waals surface area contributed by atoms with E-state index in [-0.39, 0.29) is 29.1 Å². The molecule has 39 heavy (non-hydrogen) atoms. The van der Waals surface area contributed by atoms with Gasteiger partial charge < -0.3 is 19.7 Å². The predicted molar refractivity (Wildman–Crippen MR) is 150 cm³/mol. The van der Waals surface area contributed by atoms with E-state index in [1.807, 2.05) is 19.9 Å². The van der Waals surface area contributed by atoms with Crippen molar-refractivity contribution in [3.63, 3.8) is 0 Å². The number of nitrogens with one attached hydrogen (secondary N) is 1. The van der Waals surface area contributed by atoms with Crippen LogP contribution in [0.25, 0.3) is 0 Å². The third kappa shape index (κ3) is 7.51. The van der Waals surface area contributed by atoms with E-state index in [0.717, 1.165) is 9.87 Å². The molecule has 1 atom stereocenters. The number of amides is 2. The van der Waals surface area contributed by atoms with Gasteiger partial charge in [-0.05, 0) is 74.9 Å². The highest BCUT2D eigenvalue weighted by atomic mass is 32.2. The van der Waals surface area contributed by atoms with Gasteiger partial charge in [-0.3, -0.25) is 13.9 Å². The maximum absolute atomic E-state index is 13.9. The van der Waals surface area contributed by atoms with Crippen LogP contribution in [0.1, 0.15) is 26.3 Å². The largest absolute Gasteiger partial charge is 0.497 e. The Morgan fingerprint density at radius 1 is 0.846 bits per heavy atom. The van der Waals surface area contributed by atoms with Crippen molar-refractivity contribution >= 4 is 27.5 Å². The van der Waals surface area contributed by atoms with E-state index in [1.54, 1.807) is 74.7 Å². The maximum atomic E-state index is 13.9. The summed E-state index contributed by atoms with van der Waals surface area (Å²) in [5, 5.41) is 2.84. The topological polar surface area (TPSA) is 105 Å². The summed E-state index contributed by atoms with van der Waals surface area (Å²) in [7, 11) is -1.07. The van der Waals surface area contributed by atoms with E-state index < -0.39 is 28.5 Å². The second kappa shape index (κ2) is 13.1. The normalized spacial score (nSPS) is 11.9. The summed E-state index contributed by atoms with van der Waals surface area (Å²) in [6.45, 7) is 4.84. The molecule has 1 N–H and O–H groups in total. The van der Waals surface area contributed by atoms with Gasteiger partial charge in [0.15, 0.2) is 0 Å². The first-order valence-corrected chi connectivity index (χ1v) is 14.0. The van der Waals surface area contributed by atoms with Crippen molar-refractivity contribution in [3.05, 3.63) is 84.4 Å². The highest BCUT2D eigenvalue weighted by Crippen LogP contribution is 2.26. The number of rotatable bonds is 12. The number of hydrogen-bond donors (Lipinski definition) is 1. The quantitative estimate of drug-likeness (QED) is 0.365. The van der Waals surface area contributed by atoms with Crippen LogP contribution in [0.5, 0.6) is 11.5 Å². The molecule has 0 aliphatic carbocycles. The Bertz CT molecular complexity index is 1360. The van der Waals surface area contributed by atoms with Gasteiger partial charge in [-0.1, -0.05) is 30.3 Å². The zero-order valence-corrected chi connectivity index (χ0v) is 23.6.